The Bertz CT molecular complexity index is 1040. The molecular weight excluding hydrogens is 422 g/mol. The Morgan fingerprint density at radius 3 is 2.52 bits per heavy atom. The highest BCUT2D eigenvalue weighted by atomic mass is 16.5. The highest BCUT2D eigenvalue weighted by molar-refractivity contribution is 5.99. The lowest BCUT2D eigenvalue weighted by molar-refractivity contribution is -0.117. The van der Waals surface area contributed by atoms with Crippen LogP contribution in [-0.4, -0.2) is 32.7 Å². The average Bonchev–Trinajstić information content (AvgIpc) is 2.84. The summed E-state index contributed by atoms with van der Waals surface area (Å²) in [5, 5.41) is 15.1. The number of benzene rings is 2. The summed E-state index contributed by atoms with van der Waals surface area (Å²) < 4.78 is 15.8. The minimum atomic E-state index is -0.560. The predicted molar refractivity (Wildman–Crippen MR) is 125 cm³/mol. The number of esters is 1. The van der Waals surface area contributed by atoms with Crippen molar-refractivity contribution in [2.24, 2.45) is 0 Å². The maximum Gasteiger partial charge on any atom is 0.340 e. The molecule has 0 heterocycles. The third-order valence-corrected chi connectivity index (χ3v) is 4.87. The molecule has 0 aliphatic carbocycles. The van der Waals surface area contributed by atoms with Crippen LogP contribution in [0.3, 0.4) is 0 Å². The number of nitriles is 1. The topological polar surface area (TPSA) is 110 Å². The van der Waals surface area contributed by atoms with Gasteiger partial charge in [0.05, 0.1) is 38.1 Å². The molecule has 8 nitrogen and oxygen atoms in total. The molecule has 0 saturated heterocycles. The fraction of sp³-hybridized carbons (Fsp3) is 0.320. The lowest BCUT2D eigenvalue weighted by Gasteiger charge is -2.16. The molecule has 33 heavy (non-hydrogen) atoms. The minimum absolute atomic E-state index is 0.142. The highest BCUT2D eigenvalue weighted by Gasteiger charge is 2.17. The summed E-state index contributed by atoms with van der Waals surface area (Å²) in [6.07, 6.45) is 2.96. The number of para-hydroxylation sites is 1. The second-order valence-electron chi connectivity index (χ2n) is 7.16. The van der Waals surface area contributed by atoms with Crippen LogP contribution in [0.1, 0.15) is 48.7 Å². The molecule has 0 aliphatic rings. The van der Waals surface area contributed by atoms with Gasteiger partial charge in [0, 0.05) is 6.20 Å². The van der Waals surface area contributed by atoms with E-state index >= 15 is 0 Å². The number of unbranched alkanes of at least 4 members (excludes halogenated alkanes) is 1. The molecule has 0 aromatic heterocycles. The van der Waals surface area contributed by atoms with Crippen LogP contribution in [0.15, 0.2) is 54.2 Å². The SMILES string of the molecule is CCCCOC(=O)c1ccccc1N/C=C(/C#N)C(=O)NC(C)c1ccc(OC)c(OC)c1. The Morgan fingerprint density at radius 2 is 1.85 bits per heavy atom. The smallest absolute Gasteiger partial charge is 0.340 e. The highest BCUT2D eigenvalue weighted by Crippen LogP contribution is 2.30. The monoisotopic (exact) mass is 451 g/mol. The first-order valence-corrected chi connectivity index (χ1v) is 10.6. The van der Waals surface area contributed by atoms with E-state index < -0.39 is 17.9 Å². The van der Waals surface area contributed by atoms with Gasteiger partial charge < -0.3 is 24.8 Å². The summed E-state index contributed by atoms with van der Waals surface area (Å²) in [7, 11) is 3.08. The van der Waals surface area contributed by atoms with Gasteiger partial charge in [-0.3, -0.25) is 4.79 Å². The third kappa shape index (κ3) is 7.01. The number of rotatable bonds is 11. The number of hydrogen-bond acceptors (Lipinski definition) is 7. The predicted octanol–water partition coefficient (Wildman–Crippen LogP) is 4.36. The molecule has 2 aromatic carbocycles. The fourth-order valence-corrected chi connectivity index (χ4v) is 2.95. The van der Waals surface area contributed by atoms with Crippen molar-refractivity contribution in [1.29, 1.82) is 5.26 Å². The van der Waals surface area contributed by atoms with Gasteiger partial charge >= 0.3 is 5.97 Å². The normalized spacial score (nSPS) is 11.7. The van der Waals surface area contributed by atoms with Gasteiger partial charge in [-0.2, -0.15) is 5.26 Å². The molecule has 0 spiro atoms. The molecule has 8 heteroatoms. The van der Waals surface area contributed by atoms with Crippen molar-refractivity contribution in [3.05, 3.63) is 65.4 Å². The average molecular weight is 452 g/mol. The van der Waals surface area contributed by atoms with Crippen molar-refractivity contribution >= 4 is 17.6 Å². The van der Waals surface area contributed by atoms with Gasteiger partial charge in [0.15, 0.2) is 11.5 Å². The lowest BCUT2D eigenvalue weighted by atomic mass is 10.1. The van der Waals surface area contributed by atoms with Crippen LogP contribution in [0.5, 0.6) is 11.5 Å². The van der Waals surface area contributed by atoms with Gasteiger partial charge in [-0.1, -0.05) is 31.5 Å². The Kier molecular flexibility index (Phi) is 9.78. The van der Waals surface area contributed by atoms with Crippen LogP contribution in [0, 0.1) is 11.3 Å². The van der Waals surface area contributed by atoms with Gasteiger partial charge in [-0.15, -0.1) is 0 Å². The summed E-state index contributed by atoms with van der Waals surface area (Å²) in [6.45, 7) is 4.14. The van der Waals surface area contributed by atoms with Crippen LogP contribution < -0.4 is 20.1 Å². The number of hydrogen-bond donors (Lipinski definition) is 2. The van der Waals surface area contributed by atoms with E-state index in [0.29, 0.717) is 29.4 Å². The van der Waals surface area contributed by atoms with Gasteiger partial charge in [0.1, 0.15) is 11.6 Å². The summed E-state index contributed by atoms with van der Waals surface area (Å²) in [5.41, 5.74) is 1.40. The first-order chi connectivity index (χ1) is 15.9. The lowest BCUT2D eigenvalue weighted by Crippen LogP contribution is -2.28. The van der Waals surface area contributed by atoms with Gasteiger partial charge in [-0.05, 0) is 43.2 Å². The molecule has 0 radical (unpaired) electrons. The quantitative estimate of drug-likeness (QED) is 0.226. The molecule has 2 rings (SSSR count). The van der Waals surface area contributed by atoms with E-state index in [0.717, 1.165) is 18.4 Å². The molecule has 174 valence electrons. The Hall–Kier alpha value is -3.99. The van der Waals surface area contributed by atoms with Crippen molar-refractivity contribution in [2.75, 3.05) is 26.1 Å². The molecule has 1 amide bonds. The van der Waals surface area contributed by atoms with Crippen molar-refractivity contribution in [1.82, 2.24) is 5.32 Å². The van der Waals surface area contributed by atoms with Gasteiger partial charge in [-0.25, -0.2) is 4.79 Å². The summed E-state index contributed by atoms with van der Waals surface area (Å²) in [5.74, 6) is 0.0880. The Labute approximate surface area is 194 Å². The molecule has 1 unspecified atom stereocenters. The molecule has 1 atom stereocenters. The van der Waals surface area contributed by atoms with E-state index in [2.05, 4.69) is 10.6 Å². The molecule has 0 saturated carbocycles. The molecular formula is C25H29N3O5. The largest absolute Gasteiger partial charge is 0.493 e. The van der Waals surface area contributed by atoms with Gasteiger partial charge in [0.2, 0.25) is 0 Å². The Morgan fingerprint density at radius 1 is 1.12 bits per heavy atom. The Balaban J connectivity index is 2.11. The first-order valence-electron chi connectivity index (χ1n) is 10.6. The zero-order valence-corrected chi connectivity index (χ0v) is 19.3. The number of anilines is 1. The summed E-state index contributed by atoms with van der Waals surface area (Å²) in [6, 6.07) is 13.6. The number of carbonyl (C=O) groups excluding carboxylic acids is 2. The van der Waals surface area contributed by atoms with E-state index in [9.17, 15) is 14.9 Å². The van der Waals surface area contributed by atoms with Crippen molar-refractivity contribution in [3.8, 4) is 17.6 Å². The van der Waals surface area contributed by atoms with E-state index in [4.69, 9.17) is 14.2 Å². The number of nitrogens with one attached hydrogen (secondary N) is 2. The number of amides is 1. The number of nitrogens with zero attached hydrogens (tertiary/aromatic N) is 1. The fourth-order valence-electron chi connectivity index (χ4n) is 2.95. The zero-order valence-electron chi connectivity index (χ0n) is 19.3. The van der Waals surface area contributed by atoms with Crippen LogP contribution in [0.4, 0.5) is 5.69 Å². The van der Waals surface area contributed by atoms with E-state index in [-0.39, 0.29) is 5.57 Å². The van der Waals surface area contributed by atoms with Crippen molar-refractivity contribution in [3.63, 3.8) is 0 Å². The maximum atomic E-state index is 12.7. The molecule has 0 bridgehead atoms. The number of carbonyl (C=O) groups is 2. The molecule has 0 aliphatic heterocycles. The molecule has 2 aromatic rings. The summed E-state index contributed by atoms with van der Waals surface area (Å²) >= 11 is 0. The molecule has 2 N–H and O–H groups in total. The van der Waals surface area contributed by atoms with Crippen LogP contribution in [0.2, 0.25) is 0 Å². The van der Waals surface area contributed by atoms with Crippen LogP contribution >= 0.6 is 0 Å². The van der Waals surface area contributed by atoms with Crippen LogP contribution in [-0.2, 0) is 9.53 Å². The number of ether oxygens (including phenoxy) is 3. The second-order valence-corrected chi connectivity index (χ2v) is 7.16. The third-order valence-electron chi connectivity index (χ3n) is 4.87. The van der Waals surface area contributed by atoms with E-state index in [1.54, 1.807) is 56.5 Å². The minimum Gasteiger partial charge on any atom is -0.493 e. The summed E-state index contributed by atoms with van der Waals surface area (Å²) in [4.78, 5) is 25.0. The first kappa shape index (κ1) is 25.3. The molecule has 0 fully saturated rings. The second kappa shape index (κ2) is 12.8. The van der Waals surface area contributed by atoms with Crippen LogP contribution in [0.25, 0.3) is 0 Å². The zero-order chi connectivity index (χ0) is 24.2. The van der Waals surface area contributed by atoms with Gasteiger partial charge in [0.25, 0.3) is 5.91 Å². The maximum absolute atomic E-state index is 12.7. The standard InChI is InChI=1S/C25H29N3O5/c1-5-6-13-33-25(30)20-9-7-8-10-21(20)27-16-19(15-26)24(29)28-17(2)18-11-12-22(31-3)23(14-18)32-4/h7-12,14,16-17,27H,5-6,13H2,1-4H3,(H,28,29)/b19-16-. The van der Waals surface area contributed by atoms with Crippen molar-refractivity contribution < 1.29 is 23.8 Å². The van der Waals surface area contributed by atoms with E-state index in [1.165, 1.54) is 13.3 Å². The van der Waals surface area contributed by atoms with E-state index in [1.807, 2.05) is 13.0 Å². The number of methoxy groups -OCH3 is 2. The van der Waals surface area contributed by atoms with Crippen molar-refractivity contribution in [2.45, 2.75) is 32.7 Å².